The molecule has 1 rings (SSSR count). The molecule has 4 heteroatoms. The molecule has 0 fully saturated rings. The van der Waals surface area contributed by atoms with Crippen molar-refractivity contribution in [1.29, 1.82) is 0 Å². The summed E-state index contributed by atoms with van der Waals surface area (Å²) >= 11 is 0. The van der Waals surface area contributed by atoms with Crippen LogP contribution >= 0.6 is 0 Å². The summed E-state index contributed by atoms with van der Waals surface area (Å²) in [5, 5.41) is 14.5. The summed E-state index contributed by atoms with van der Waals surface area (Å²) in [6.07, 6.45) is 1.49. The molecule has 0 radical (unpaired) electrons. The summed E-state index contributed by atoms with van der Waals surface area (Å²) in [7, 11) is 0. The topological polar surface area (TPSA) is 58.6 Å². The number of aromatic nitrogens is 1. The molecular formula is C5H6N2O2. The SMILES string of the molecule is C/C(=N/O)c1ccno1. The quantitative estimate of drug-likeness (QED) is 0.345. The van der Waals surface area contributed by atoms with Crippen molar-refractivity contribution in [1.82, 2.24) is 5.16 Å². The maximum absolute atomic E-state index is 8.21. The van der Waals surface area contributed by atoms with E-state index in [1.807, 2.05) is 0 Å². The summed E-state index contributed by atoms with van der Waals surface area (Å²) in [6, 6.07) is 1.62. The average Bonchev–Trinajstić information content (AvgIpc) is 2.37. The van der Waals surface area contributed by atoms with E-state index in [0.29, 0.717) is 11.5 Å². The molecule has 0 saturated carbocycles. The van der Waals surface area contributed by atoms with Crippen LogP contribution in [0.15, 0.2) is 21.9 Å². The molecule has 0 aliphatic carbocycles. The van der Waals surface area contributed by atoms with E-state index in [2.05, 4.69) is 14.8 Å². The minimum Gasteiger partial charge on any atom is -0.411 e. The monoisotopic (exact) mass is 126 g/mol. The second kappa shape index (κ2) is 2.30. The lowest BCUT2D eigenvalue weighted by Gasteiger charge is -1.84. The van der Waals surface area contributed by atoms with Crippen LogP contribution in [0, 0.1) is 0 Å². The lowest BCUT2D eigenvalue weighted by atomic mass is 10.3. The Morgan fingerprint density at radius 3 is 3.11 bits per heavy atom. The summed E-state index contributed by atoms with van der Waals surface area (Å²) in [6.45, 7) is 1.63. The van der Waals surface area contributed by atoms with Gasteiger partial charge in [0.25, 0.3) is 0 Å². The maximum atomic E-state index is 8.21. The molecule has 1 heterocycles. The Hall–Kier alpha value is -1.32. The van der Waals surface area contributed by atoms with Crippen LogP contribution in [0.1, 0.15) is 12.7 Å². The van der Waals surface area contributed by atoms with Gasteiger partial charge in [0, 0.05) is 6.07 Å². The van der Waals surface area contributed by atoms with Gasteiger partial charge >= 0.3 is 0 Å². The van der Waals surface area contributed by atoms with Crippen molar-refractivity contribution in [3.05, 3.63) is 18.0 Å². The molecule has 0 atom stereocenters. The van der Waals surface area contributed by atoms with Gasteiger partial charge in [0.1, 0.15) is 5.71 Å². The van der Waals surface area contributed by atoms with Gasteiger partial charge in [-0.15, -0.1) is 0 Å². The number of hydrogen-bond donors (Lipinski definition) is 1. The number of rotatable bonds is 1. The first-order valence-electron chi connectivity index (χ1n) is 2.44. The molecule has 1 aromatic heterocycles. The average molecular weight is 126 g/mol. The summed E-state index contributed by atoms with van der Waals surface area (Å²) < 4.78 is 4.65. The van der Waals surface area contributed by atoms with E-state index in [1.54, 1.807) is 13.0 Å². The maximum Gasteiger partial charge on any atom is 0.184 e. The third-order valence-corrected chi connectivity index (χ3v) is 0.944. The molecule has 0 amide bonds. The Morgan fingerprint density at radius 1 is 1.89 bits per heavy atom. The summed E-state index contributed by atoms with van der Waals surface area (Å²) in [4.78, 5) is 0. The third-order valence-electron chi connectivity index (χ3n) is 0.944. The Morgan fingerprint density at radius 2 is 2.67 bits per heavy atom. The number of hydrogen-bond acceptors (Lipinski definition) is 4. The second-order valence-corrected chi connectivity index (χ2v) is 1.56. The smallest absolute Gasteiger partial charge is 0.184 e. The highest BCUT2D eigenvalue weighted by Crippen LogP contribution is 1.97. The highest BCUT2D eigenvalue weighted by molar-refractivity contribution is 5.95. The van der Waals surface area contributed by atoms with Crippen molar-refractivity contribution in [2.45, 2.75) is 6.92 Å². The van der Waals surface area contributed by atoms with Crippen molar-refractivity contribution >= 4 is 5.71 Å². The third kappa shape index (κ3) is 1.07. The number of nitrogens with zero attached hydrogens (tertiary/aromatic N) is 2. The lowest BCUT2D eigenvalue weighted by Crippen LogP contribution is -1.89. The Kier molecular flexibility index (Phi) is 1.48. The predicted octanol–water partition coefficient (Wildman–Crippen LogP) is 0.873. The van der Waals surface area contributed by atoms with Crippen LogP contribution in [0.5, 0.6) is 0 Å². The molecular weight excluding hydrogens is 120 g/mol. The molecule has 4 nitrogen and oxygen atoms in total. The molecule has 0 unspecified atom stereocenters. The highest BCUT2D eigenvalue weighted by Gasteiger charge is 1.99. The van der Waals surface area contributed by atoms with Gasteiger partial charge in [0.2, 0.25) is 0 Å². The van der Waals surface area contributed by atoms with Gasteiger partial charge in [0.05, 0.1) is 6.20 Å². The zero-order valence-corrected chi connectivity index (χ0v) is 4.90. The molecule has 1 aromatic rings. The molecule has 0 bridgehead atoms. The molecule has 0 aliphatic rings. The van der Waals surface area contributed by atoms with Gasteiger partial charge in [0.15, 0.2) is 5.76 Å². The molecule has 48 valence electrons. The van der Waals surface area contributed by atoms with E-state index in [-0.39, 0.29) is 0 Å². The minimum atomic E-state index is 0.424. The van der Waals surface area contributed by atoms with E-state index in [1.165, 1.54) is 6.20 Å². The van der Waals surface area contributed by atoms with Crippen LogP contribution in [0.3, 0.4) is 0 Å². The van der Waals surface area contributed by atoms with E-state index in [9.17, 15) is 0 Å². The fraction of sp³-hybridized carbons (Fsp3) is 0.200. The van der Waals surface area contributed by atoms with E-state index >= 15 is 0 Å². The second-order valence-electron chi connectivity index (χ2n) is 1.56. The fourth-order valence-corrected chi connectivity index (χ4v) is 0.452. The molecule has 9 heavy (non-hydrogen) atoms. The van der Waals surface area contributed by atoms with E-state index < -0.39 is 0 Å². The number of oxime groups is 1. The first-order valence-corrected chi connectivity index (χ1v) is 2.44. The van der Waals surface area contributed by atoms with Crippen LogP contribution in [0.2, 0.25) is 0 Å². The van der Waals surface area contributed by atoms with E-state index in [4.69, 9.17) is 5.21 Å². The molecule has 0 aromatic carbocycles. The zero-order valence-electron chi connectivity index (χ0n) is 4.90. The summed E-state index contributed by atoms with van der Waals surface area (Å²) in [5.41, 5.74) is 0.424. The molecule has 0 spiro atoms. The Bertz CT molecular complexity index is 203. The minimum absolute atomic E-state index is 0.424. The van der Waals surface area contributed by atoms with Crippen molar-refractivity contribution in [3.63, 3.8) is 0 Å². The normalized spacial score (nSPS) is 11.9. The van der Waals surface area contributed by atoms with Crippen LogP contribution in [0.25, 0.3) is 0 Å². The van der Waals surface area contributed by atoms with Crippen LogP contribution < -0.4 is 0 Å². The molecule has 0 saturated heterocycles. The first-order chi connectivity index (χ1) is 4.34. The van der Waals surface area contributed by atoms with Crippen molar-refractivity contribution in [2.75, 3.05) is 0 Å². The Labute approximate surface area is 51.8 Å². The standard InChI is InChI=1S/C5H6N2O2/c1-4(7-8)5-2-3-6-9-5/h2-3,8H,1H3/b7-4-. The molecule has 0 aliphatic heterocycles. The zero-order chi connectivity index (χ0) is 6.69. The first kappa shape index (κ1) is 5.81. The van der Waals surface area contributed by atoms with Gasteiger partial charge in [-0.1, -0.05) is 10.3 Å². The fourth-order valence-electron chi connectivity index (χ4n) is 0.452. The predicted molar refractivity (Wildman–Crippen MR) is 30.5 cm³/mol. The van der Waals surface area contributed by atoms with Gasteiger partial charge < -0.3 is 9.73 Å². The van der Waals surface area contributed by atoms with Gasteiger partial charge in [-0.2, -0.15) is 0 Å². The van der Waals surface area contributed by atoms with Crippen LogP contribution in [0.4, 0.5) is 0 Å². The summed E-state index contributed by atoms with van der Waals surface area (Å²) in [5.74, 6) is 0.484. The van der Waals surface area contributed by atoms with Crippen molar-refractivity contribution < 1.29 is 9.73 Å². The van der Waals surface area contributed by atoms with Crippen LogP contribution in [-0.2, 0) is 0 Å². The highest BCUT2D eigenvalue weighted by atomic mass is 16.5. The largest absolute Gasteiger partial charge is 0.411 e. The van der Waals surface area contributed by atoms with Gasteiger partial charge in [-0.3, -0.25) is 0 Å². The van der Waals surface area contributed by atoms with Crippen LogP contribution in [-0.4, -0.2) is 16.1 Å². The van der Waals surface area contributed by atoms with Crippen molar-refractivity contribution in [3.8, 4) is 0 Å². The van der Waals surface area contributed by atoms with Crippen molar-refractivity contribution in [2.24, 2.45) is 5.16 Å². The molecule has 1 N–H and O–H groups in total. The Balaban J connectivity index is 2.90. The van der Waals surface area contributed by atoms with Gasteiger partial charge in [-0.05, 0) is 6.92 Å². The lowest BCUT2D eigenvalue weighted by molar-refractivity contribution is 0.316. The van der Waals surface area contributed by atoms with E-state index in [0.717, 1.165) is 0 Å². The van der Waals surface area contributed by atoms with Gasteiger partial charge in [-0.25, -0.2) is 0 Å².